The third kappa shape index (κ3) is 8.46. The lowest BCUT2D eigenvalue weighted by Crippen LogP contribution is -2.21. The largest absolute Gasteiger partial charge is 0.277 e. The maximum absolute atomic E-state index is 11.0. The average molecular weight is 237 g/mol. The van der Waals surface area contributed by atoms with Gasteiger partial charge in [0.25, 0.3) is 0 Å². The van der Waals surface area contributed by atoms with Crippen LogP contribution >= 0.6 is 0 Å². The number of hydroxylamine groups is 1. The molecule has 3 heteroatoms. The summed E-state index contributed by atoms with van der Waals surface area (Å²) in [5, 5.41) is 0. The molecule has 1 N–H and O–H groups in total. The molecule has 0 aromatic heterocycles. The predicted molar refractivity (Wildman–Crippen MR) is 70.5 cm³/mol. The van der Waals surface area contributed by atoms with E-state index in [1.54, 1.807) is 0 Å². The molecule has 1 amide bonds. The third-order valence-electron chi connectivity index (χ3n) is 2.18. The molecule has 0 spiro atoms. The monoisotopic (exact) mass is 237 g/mol. The number of hydrogen-bond acceptors (Lipinski definition) is 2. The highest BCUT2D eigenvalue weighted by Crippen LogP contribution is 2.05. The molecule has 0 saturated carbocycles. The van der Waals surface area contributed by atoms with Crippen molar-refractivity contribution in [3.8, 4) is 0 Å². The van der Waals surface area contributed by atoms with Crippen LogP contribution in [0.2, 0.25) is 0 Å². The van der Waals surface area contributed by atoms with Crippen molar-refractivity contribution in [2.75, 3.05) is 7.11 Å². The molecule has 0 fully saturated rings. The molecule has 0 aliphatic carbocycles. The van der Waals surface area contributed by atoms with Crippen molar-refractivity contribution in [2.24, 2.45) is 0 Å². The molecule has 17 heavy (non-hydrogen) atoms. The summed E-state index contributed by atoms with van der Waals surface area (Å²) in [5.41, 5.74) is 3.63. The van der Waals surface area contributed by atoms with Gasteiger partial charge in [-0.05, 0) is 24.8 Å². The molecule has 0 radical (unpaired) electrons. The van der Waals surface area contributed by atoms with Gasteiger partial charge in [0.05, 0.1) is 7.11 Å². The molecule has 0 atom stereocenters. The van der Waals surface area contributed by atoms with Crippen molar-refractivity contribution in [1.29, 1.82) is 0 Å². The summed E-state index contributed by atoms with van der Waals surface area (Å²) < 4.78 is 0. The van der Waals surface area contributed by atoms with Gasteiger partial charge in [0, 0.05) is 6.42 Å². The van der Waals surface area contributed by atoms with Crippen LogP contribution in [-0.4, -0.2) is 13.0 Å². The van der Waals surface area contributed by atoms with Gasteiger partial charge in [-0.2, -0.15) is 0 Å². The van der Waals surface area contributed by atoms with E-state index in [-0.39, 0.29) is 5.91 Å². The van der Waals surface area contributed by atoms with E-state index < -0.39 is 0 Å². The molecule has 0 saturated heterocycles. The minimum Gasteiger partial charge on any atom is -0.277 e. The molecular weight excluding hydrogens is 214 g/mol. The van der Waals surface area contributed by atoms with Crippen LogP contribution in [0, 0.1) is 0 Å². The molecule has 0 aliphatic heterocycles. The summed E-state index contributed by atoms with van der Waals surface area (Å²) in [4.78, 5) is 15.5. The van der Waals surface area contributed by atoms with Crippen molar-refractivity contribution in [3.05, 3.63) is 35.9 Å². The first-order chi connectivity index (χ1) is 8.33. The Morgan fingerprint density at radius 1 is 1.18 bits per heavy atom. The second-order valence-electron chi connectivity index (χ2n) is 3.42. The molecular formula is C14H23NO2. The summed E-state index contributed by atoms with van der Waals surface area (Å²) >= 11 is 0. The highest BCUT2D eigenvalue weighted by Gasteiger charge is 1.99. The molecule has 0 heterocycles. The van der Waals surface area contributed by atoms with Crippen LogP contribution < -0.4 is 5.48 Å². The molecule has 3 nitrogen and oxygen atoms in total. The van der Waals surface area contributed by atoms with Gasteiger partial charge >= 0.3 is 0 Å². The summed E-state index contributed by atoms with van der Waals surface area (Å²) in [6, 6.07) is 10.3. The second kappa shape index (κ2) is 11.1. The fraction of sp³-hybridized carbons (Fsp3) is 0.500. The molecule has 0 bridgehead atoms. The molecule has 1 rings (SSSR count). The fourth-order valence-electron chi connectivity index (χ4n) is 1.42. The van der Waals surface area contributed by atoms with Gasteiger partial charge in [-0.15, -0.1) is 0 Å². The Balaban J connectivity index is 0.00000121. The van der Waals surface area contributed by atoms with Gasteiger partial charge in [-0.1, -0.05) is 44.2 Å². The molecule has 96 valence electrons. The quantitative estimate of drug-likeness (QED) is 0.610. The predicted octanol–water partition coefficient (Wildman–Crippen LogP) is 3.10. The summed E-state index contributed by atoms with van der Waals surface area (Å²) in [6.45, 7) is 4.00. The minimum atomic E-state index is -0.0504. The Bertz CT molecular complexity index is 286. The van der Waals surface area contributed by atoms with Crippen LogP contribution in [0.5, 0.6) is 0 Å². The topological polar surface area (TPSA) is 38.3 Å². The summed E-state index contributed by atoms with van der Waals surface area (Å²) in [7, 11) is 1.45. The van der Waals surface area contributed by atoms with Gasteiger partial charge in [0.2, 0.25) is 5.91 Å². The standard InChI is InChI=1S/C12H17NO2.C2H6/c1-15-13-12(14)10-6-5-9-11-7-3-2-4-8-11;1-2/h2-4,7-8H,5-6,9-10H2,1H3,(H,13,14);1-2H3. The summed E-state index contributed by atoms with van der Waals surface area (Å²) in [6.07, 6.45) is 3.48. The van der Waals surface area contributed by atoms with Crippen molar-refractivity contribution < 1.29 is 9.63 Å². The van der Waals surface area contributed by atoms with Gasteiger partial charge in [0.1, 0.15) is 0 Å². The zero-order chi connectivity index (χ0) is 12.9. The summed E-state index contributed by atoms with van der Waals surface area (Å²) in [5.74, 6) is -0.0504. The van der Waals surface area contributed by atoms with Crippen LogP contribution in [0.4, 0.5) is 0 Å². The lowest BCUT2D eigenvalue weighted by Gasteiger charge is -2.02. The highest BCUT2D eigenvalue weighted by atomic mass is 16.6. The second-order valence-corrected chi connectivity index (χ2v) is 3.42. The number of benzene rings is 1. The van der Waals surface area contributed by atoms with Crippen molar-refractivity contribution in [2.45, 2.75) is 39.5 Å². The maximum Gasteiger partial charge on any atom is 0.243 e. The number of amides is 1. The van der Waals surface area contributed by atoms with Crippen LogP contribution in [-0.2, 0) is 16.1 Å². The third-order valence-corrected chi connectivity index (χ3v) is 2.18. The zero-order valence-corrected chi connectivity index (χ0v) is 11.0. The van der Waals surface area contributed by atoms with Crippen molar-refractivity contribution >= 4 is 5.91 Å². The Morgan fingerprint density at radius 3 is 2.41 bits per heavy atom. The van der Waals surface area contributed by atoms with E-state index in [1.165, 1.54) is 12.7 Å². The first-order valence-corrected chi connectivity index (χ1v) is 6.18. The van der Waals surface area contributed by atoms with Gasteiger partial charge in [-0.25, -0.2) is 5.48 Å². The zero-order valence-electron chi connectivity index (χ0n) is 11.0. The van der Waals surface area contributed by atoms with E-state index in [1.807, 2.05) is 32.0 Å². The van der Waals surface area contributed by atoms with Crippen LogP contribution in [0.15, 0.2) is 30.3 Å². The lowest BCUT2D eigenvalue weighted by atomic mass is 10.1. The Hall–Kier alpha value is -1.35. The number of aryl methyl sites for hydroxylation is 1. The number of nitrogens with one attached hydrogen (secondary N) is 1. The van der Waals surface area contributed by atoms with E-state index in [4.69, 9.17) is 0 Å². The minimum absolute atomic E-state index is 0.0504. The number of carbonyl (C=O) groups excluding carboxylic acids is 1. The van der Waals surface area contributed by atoms with Crippen LogP contribution in [0.3, 0.4) is 0 Å². The average Bonchev–Trinajstić information content (AvgIpc) is 2.39. The normalized spacial score (nSPS) is 9.12. The number of rotatable bonds is 6. The molecule has 1 aromatic rings. The molecule has 1 aromatic carbocycles. The van der Waals surface area contributed by atoms with E-state index >= 15 is 0 Å². The lowest BCUT2D eigenvalue weighted by molar-refractivity contribution is -0.131. The number of unbranched alkanes of at least 4 members (excludes halogenated alkanes) is 1. The Kier molecular flexibility index (Phi) is 10.3. The Labute approximate surface area is 104 Å². The Morgan fingerprint density at radius 2 is 1.82 bits per heavy atom. The molecule has 0 unspecified atom stereocenters. The highest BCUT2D eigenvalue weighted by molar-refractivity contribution is 5.74. The smallest absolute Gasteiger partial charge is 0.243 e. The van der Waals surface area contributed by atoms with Gasteiger partial charge < -0.3 is 0 Å². The van der Waals surface area contributed by atoms with Gasteiger partial charge in [0.15, 0.2) is 0 Å². The molecule has 0 aliphatic rings. The van der Waals surface area contributed by atoms with E-state index in [0.717, 1.165) is 19.3 Å². The first kappa shape index (κ1) is 15.7. The SMILES string of the molecule is CC.CONC(=O)CCCCc1ccccc1. The van der Waals surface area contributed by atoms with E-state index in [0.29, 0.717) is 6.42 Å². The maximum atomic E-state index is 11.0. The van der Waals surface area contributed by atoms with Crippen molar-refractivity contribution in [1.82, 2.24) is 5.48 Å². The van der Waals surface area contributed by atoms with Crippen LogP contribution in [0.25, 0.3) is 0 Å². The number of carbonyl (C=O) groups is 1. The van der Waals surface area contributed by atoms with E-state index in [9.17, 15) is 4.79 Å². The van der Waals surface area contributed by atoms with Gasteiger partial charge in [-0.3, -0.25) is 9.63 Å². The van der Waals surface area contributed by atoms with Crippen molar-refractivity contribution in [3.63, 3.8) is 0 Å². The first-order valence-electron chi connectivity index (χ1n) is 6.18. The van der Waals surface area contributed by atoms with Crippen LogP contribution in [0.1, 0.15) is 38.7 Å². The van der Waals surface area contributed by atoms with E-state index in [2.05, 4.69) is 22.5 Å². The number of hydrogen-bond donors (Lipinski definition) is 1. The fourth-order valence-corrected chi connectivity index (χ4v) is 1.42.